The quantitative estimate of drug-likeness (QED) is 0.503. The van der Waals surface area contributed by atoms with Crippen LogP contribution >= 0.6 is 11.3 Å². The van der Waals surface area contributed by atoms with Crippen LogP contribution in [0.15, 0.2) is 78.2 Å². The van der Waals surface area contributed by atoms with E-state index in [0.717, 1.165) is 17.9 Å². The normalized spacial score (nSPS) is 12.1. The Bertz CT molecular complexity index is 1120. The Labute approximate surface area is 174 Å². The monoisotopic (exact) mass is 402 g/mol. The molecule has 29 heavy (non-hydrogen) atoms. The molecule has 0 unspecified atom stereocenters. The fourth-order valence-electron chi connectivity index (χ4n) is 3.57. The van der Waals surface area contributed by atoms with Crippen molar-refractivity contribution in [2.24, 2.45) is 0 Å². The van der Waals surface area contributed by atoms with Gasteiger partial charge in [-0.25, -0.2) is 4.98 Å². The first kappa shape index (κ1) is 19.3. The Morgan fingerprint density at radius 1 is 1.03 bits per heavy atom. The van der Waals surface area contributed by atoms with Gasteiger partial charge in [0.05, 0.1) is 5.69 Å². The standard InChI is InChI=1S/C24H23N3OS/c1-17(22-14-8-10-19-9-6-7-13-23(19)22)25-15-20-16-29-24(26-20)27(18(2)28)21-11-4-3-5-12-21/h3-14,16-17,25H,15H2,1-2H3/p+1/t17-/m0/s1. The highest BCUT2D eigenvalue weighted by atomic mass is 32.1. The molecule has 4 rings (SSSR count). The van der Waals surface area contributed by atoms with Crippen molar-refractivity contribution in [2.45, 2.75) is 26.4 Å². The summed E-state index contributed by atoms with van der Waals surface area (Å²) in [5.74, 6) is -0.0368. The molecule has 0 aliphatic heterocycles. The van der Waals surface area contributed by atoms with Crippen LogP contribution in [0.4, 0.5) is 10.8 Å². The highest BCUT2D eigenvalue weighted by Crippen LogP contribution is 2.28. The van der Waals surface area contributed by atoms with Crippen molar-refractivity contribution in [3.63, 3.8) is 0 Å². The lowest BCUT2D eigenvalue weighted by Gasteiger charge is -2.17. The number of fused-ring (bicyclic) bond motifs is 1. The molecule has 1 atom stereocenters. The van der Waals surface area contributed by atoms with Gasteiger partial charge in [0.1, 0.15) is 18.3 Å². The van der Waals surface area contributed by atoms with Crippen molar-refractivity contribution in [1.29, 1.82) is 0 Å². The number of rotatable bonds is 6. The predicted molar refractivity (Wildman–Crippen MR) is 119 cm³/mol. The number of hydrogen-bond acceptors (Lipinski definition) is 3. The second-order valence-electron chi connectivity index (χ2n) is 7.11. The minimum Gasteiger partial charge on any atom is -0.335 e. The first-order chi connectivity index (χ1) is 14.1. The van der Waals surface area contributed by atoms with Gasteiger partial charge in [0.25, 0.3) is 0 Å². The molecule has 1 amide bonds. The molecule has 0 saturated heterocycles. The van der Waals surface area contributed by atoms with Gasteiger partial charge in [-0.1, -0.05) is 60.7 Å². The lowest BCUT2D eigenvalue weighted by atomic mass is 10.00. The molecular weight excluding hydrogens is 378 g/mol. The van der Waals surface area contributed by atoms with Crippen LogP contribution in [0.5, 0.6) is 0 Å². The highest BCUT2D eigenvalue weighted by Gasteiger charge is 2.19. The Morgan fingerprint density at radius 2 is 1.76 bits per heavy atom. The molecule has 4 aromatic rings. The van der Waals surface area contributed by atoms with Crippen molar-refractivity contribution < 1.29 is 10.1 Å². The molecule has 0 bridgehead atoms. The summed E-state index contributed by atoms with van der Waals surface area (Å²) < 4.78 is 0. The molecule has 1 aromatic heterocycles. The van der Waals surface area contributed by atoms with Gasteiger partial charge in [-0.05, 0) is 29.8 Å². The molecule has 0 fully saturated rings. The second kappa shape index (κ2) is 8.55. The van der Waals surface area contributed by atoms with Crippen LogP contribution in [0.2, 0.25) is 0 Å². The van der Waals surface area contributed by atoms with Crippen LogP contribution < -0.4 is 10.2 Å². The van der Waals surface area contributed by atoms with Gasteiger partial charge in [-0.15, -0.1) is 11.3 Å². The van der Waals surface area contributed by atoms with E-state index in [1.54, 1.807) is 11.8 Å². The van der Waals surface area contributed by atoms with Crippen LogP contribution in [-0.2, 0) is 11.3 Å². The van der Waals surface area contributed by atoms with E-state index >= 15 is 0 Å². The number of nitrogens with two attached hydrogens (primary N) is 1. The van der Waals surface area contributed by atoms with Gasteiger partial charge >= 0.3 is 0 Å². The fraction of sp³-hybridized carbons (Fsp3) is 0.167. The molecule has 2 N–H and O–H groups in total. The number of benzene rings is 3. The molecule has 5 heteroatoms. The Hall–Kier alpha value is -3.02. The average molecular weight is 403 g/mol. The number of hydrogen-bond donors (Lipinski definition) is 1. The number of carbonyl (C=O) groups excluding carboxylic acids is 1. The van der Waals surface area contributed by atoms with E-state index < -0.39 is 0 Å². The Balaban J connectivity index is 1.50. The van der Waals surface area contributed by atoms with Gasteiger partial charge in [-0.3, -0.25) is 9.69 Å². The number of thiazole rings is 1. The molecule has 0 saturated carbocycles. The Kier molecular flexibility index (Phi) is 5.69. The molecular formula is C24H24N3OS+. The average Bonchev–Trinajstić information content (AvgIpc) is 3.20. The smallest absolute Gasteiger partial charge is 0.230 e. The zero-order chi connectivity index (χ0) is 20.2. The number of quaternary nitrogens is 1. The van der Waals surface area contributed by atoms with Gasteiger partial charge in [0.2, 0.25) is 5.91 Å². The Morgan fingerprint density at radius 3 is 2.55 bits per heavy atom. The third-order valence-electron chi connectivity index (χ3n) is 5.05. The predicted octanol–water partition coefficient (Wildman–Crippen LogP) is 4.81. The number of para-hydroxylation sites is 1. The minimum atomic E-state index is -0.0368. The lowest BCUT2D eigenvalue weighted by Crippen LogP contribution is -2.83. The van der Waals surface area contributed by atoms with E-state index in [2.05, 4.69) is 54.7 Å². The third kappa shape index (κ3) is 4.21. The van der Waals surface area contributed by atoms with E-state index in [0.29, 0.717) is 11.2 Å². The van der Waals surface area contributed by atoms with Crippen LogP contribution in [0.25, 0.3) is 10.8 Å². The topological polar surface area (TPSA) is 49.8 Å². The fourth-order valence-corrected chi connectivity index (χ4v) is 4.47. The van der Waals surface area contributed by atoms with Crippen molar-refractivity contribution >= 4 is 38.8 Å². The highest BCUT2D eigenvalue weighted by molar-refractivity contribution is 7.14. The number of carbonyl (C=O) groups is 1. The first-order valence-electron chi connectivity index (χ1n) is 9.74. The van der Waals surface area contributed by atoms with Crippen LogP contribution in [-0.4, -0.2) is 10.9 Å². The van der Waals surface area contributed by atoms with Crippen molar-refractivity contribution in [3.05, 3.63) is 89.4 Å². The number of nitrogens with zero attached hydrogens (tertiary/aromatic N) is 2. The summed E-state index contributed by atoms with van der Waals surface area (Å²) >= 11 is 1.50. The summed E-state index contributed by atoms with van der Waals surface area (Å²) in [5.41, 5.74) is 3.15. The summed E-state index contributed by atoms with van der Waals surface area (Å²) in [6.45, 7) is 4.56. The molecule has 1 heterocycles. The largest absolute Gasteiger partial charge is 0.335 e. The molecule has 146 valence electrons. The summed E-state index contributed by atoms with van der Waals surface area (Å²) in [7, 11) is 0. The number of anilines is 2. The molecule has 0 aliphatic carbocycles. The lowest BCUT2D eigenvalue weighted by molar-refractivity contribution is -0.708. The maximum Gasteiger partial charge on any atom is 0.230 e. The van der Waals surface area contributed by atoms with E-state index in [4.69, 9.17) is 4.98 Å². The van der Waals surface area contributed by atoms with E-state index in [-0.39, 0.29) is 5.91 Å². The van der Waals surface area contributed by atoms with Crippen LogP contribution in [0, 0.1) is 0 Å². The molecule has 0 radical (unpaired) electrons. The van der Waals surface area contributed by atoms with Gasteiger partial charge in [0.15, 0.2) is 5.13 Å². The van der Waals surface area contributed by atoms with Crippen molar-refractivity contribution in [2.75, 3.05) is 4.90 Å². The molecule has 0 aliphatic rings. The SMILES string of the molecule is CC(=O)N(c1ccccc1)c1nc(C[NH2+][C@@H](C)c2cccc3ccccc23)cs1. The van der Waals surface area contributed by atoms with Gasteiger partial charge < -0.3 is 5.32 Å². The maximum absolute atomic E-state index is 12.2. The minimum absolute atomic E-state index is 0.0368. The summed E-state index contributed by atoms with van der Waals surface area (Å²) in [5, 5.41) is 7.61. The van der Waals surface area contributed by atoms with Crippen molar-refractivity contribution in [1.82, 2.24) is 4.98 Å². The first-order valence-corrected chi connectivity index (χ1v) is 10.6. The molecule has 0 spiro atoms. The van der Waals surface area contributed by atoms with Crippen molar-refractivity contribution in [3.8, 4) is 0 Å². The zero-order valence-electron chi connectivity index (χ0n) is 16.6. The summed E-state index contributed by atoms with van der Waals surface area (Å²) in [6.07, 6.45) is 0. The maximum atomic E-state index is 12.2. The zero-order valence-corrected chi connectivity index (χ0v) is 17.4. The van der Waals surface area contributed by atoms with Crippen LogP contribution in [0.1, 0.15) is 31.1 Å². The molecule has 3 aromatic carbocycles. The van der Waals surface area contributed by atoms with Gasteiger partial charge in [0, 0.05) is 17.9 Å². The summed E-state index contributed by atoms with van der Waals surface area (Å²) in [4.78, 5) is 18.6. The van der Waals surface area contributed by atoms with E-state index in [9.17, 15) is 4.79 Å². The second-order valence-corrected chi connectivity index (χ2v) is 7.94. The third-order valence-corrected chi connectivity index (χ3v) is 5.93. The van der Waals surface area contributed by atoms with E-state index in [1.165, 1.54) is 27.7 Å². The number of aromatic nitrogens is 1. The number of amides is 1. The van der Waals surface area contributed by atoms with E-state index in [1.807, 2.05) is 35.7 Å². The summed E-state index contributed by atoms with van der Waals surface area (Å²) in [6, 6.07) is 24.9. The van der Waals surface area contributed by atoms with Crippen LogP contribution in [0.3, 0.4) is 0 Å². The van der Waals surface area contributed by atoms with Gasteiger partial charge in [-0.2, -0.15) is 0 Å². The molecule has 4 nitrogen and oxygen atoms in total.